The quantitative estimate of drug-likeness (QED) is 0.888. The molecule has 27 heavy (non-hydrogen) atoms. The van der Waals surface area contributed by atoms with Crippen molar-refractivity contribution in [2.45, 2.75) is 59.0 Å². The molecule has 148 valence electrons. The van der Waals surface area contributed by atoms with E-state index in [1.807, 2.05) is 17.9 Å². The molecule has 1 fully saturated rings. The number of hydrogen-bond acceptors (Lipinski definition) is 4. The molecule has 1 saturated heterocycles. The van der Waals surface area contributed by atoms with Crippen molar-refractivity contribution in [3.63, 3.8) is 0 Å². The molecule has 2 amide bonds. The molecule has 0 aliphatic carbocycles. The zero-order chi connectivity index (χ0) is 19.6. The number of nitrogens with one attached hydrogen (secondary N) is 1. The lowest BCUT2D eigenvalue weighted by molar-refractivity contribution is 0.128. The van der Waals surface area contributed by atoms with Gasteiger partial charge in [0.25, 0.3) is 0 Å². The van der Waals surface area contributed by atoms with E-state index in [0.717, 1.165) is 49.6 Å². The van der Waals surface area contributed by atoms with Crippen LogP contribution in [-0.4, -0.2) is 53.0 Å². The second-order valence-corrected chi connectivity index (χ2v) is 8.56. The summed E-state index contributed by atoms with van der Waals surface area (Å²) in [6, 6.07) is 6.52. The predicted molar refractivity (Wildman–Crippen MR) is 108 cm³/mol. The summed E-state index contributed by atoms with van der Waals surface area (Å²) in [5.41, 5.74) is 3.11. The molecule has 0 bridgehead atoms. The van der Waals surface area contributed by atoms with E-state index in [4.69, 9.17) is 4.42 Å². The van der Waals surface area contributed by atoms with Gasteiger partial charge in [0.15, 0.2) is 5.58 Å². The Bertz CT molecular complexity index is 785. The van der Waals surface area contributed by atoms with Gasteiger partial charge in [0, 0.05) is 32.2 Å². The number of aromatic nitrogens is 1. The number of urea groups is 1. The van der Waals surface area contributed by atoms with E-state index in [9.17, 15) is 4.79 Å². The lowest BCUT2D eigenvalue weighted by Crippen LogP contribution is -2.52. The number of oxazole rings is 1. The third kappa shape index (κ3) is 4.80. The number of benzene rings is 1. The van der Waals surface area contributed by atoms with E-state index in [1.165, 1.54) is 5.56 Å². The second-order valence-electron chi connectivity index (χ2n) is 8.56. The Balaban J connectivity index is 1.58. The van der Waals surface area contributed by atoms with Crippen LogP contribution in [0.25, 0.3) is 11.1 Å². The molecule has 1 atom stereocenters. The van der Waals surface area contributed by atoms with Gasteiger partial charge in [-0.2, -0.15) is 0 Å². The standard InChI is InChI=1S/C21H32N4O2/c1-6-15(2)22-20(26)25-11-9-24(10-12-25)14-19-23-17-13-16(21(3,4)5)7-8-18(17)27-19/h7-8,13,15H,6,9-12,14H2,1-5H3,(H,22,26)/t15-/m0/s1. The Morgan fingerprint density at radius 2 is 1.96 bits per heavy atom. The van der Waals surface area contributed by atoms with Gasteiger partial charge >= 0.3 is 6.03 Å². The van der Waals surface area contributed by atoms with E-state index < -0.39 is 0 Å². The first-order valence-corrected chi connectivity index (χ1v) is 9.94. The van der Waals surface area contributed by atoms with Crippen molar-refractivity contribution in [1.29, 1.82) is 0 Å². The molecule has 1 aliphatic rings. The zero-order valence-electron chi connectivity index (χ0n) is 17.2. The minimum atomic E-state index is 0.0422. The Labute approximate surface area is 161 Å². The highest BCUT2D eigenvalue weighted by atomic mass is 16.3. The third-order valence-corrected chi connectivity index (χ3v) is 5.30. The van der Waals surface area contributed by atoms with Gasteiger partial charge < -0.3 is 14.6 Å². The fourth-order valence-corrected chi connectivity index (χ4v) is 3.21. The topological polar surface area (TPSA) is 61.6 Å². The van der Waals surface area contributed by atoms with Crippen LogP contribution in [0.1, 0.15) is 52.5 Å². The Morgan fingerprint density at radius 1 is 1.26 bits per heavy atom. The maximum atomic E-state index is 12.2. The lowest BCUT2D eigenvalue weighted by Gasteiger charge is -2.34. The summed E-state index contributed by atoms with van der Waals surface area (Å²) < 4.78 is 5.93. The highest BCUT2D eigenvalue weighted by molar-refractivity contribution is 5.75. The van der Waals surface area contributed by atoms with Gasteiger partial charge in [0.2, 0.25) is 5.89 Å². The second kappa shape index (κ2) is 7.89. The maximum Gasteiger partial charge on any atom is 0.317 e. The number of carbonyl (C=O) groups excluding carboxylic acids is 1. The first-order valence-electron chi connectivity index (χ1n) is 9.94. The number of nitrogens with zero attached hydrogens (tertiary/aromatic N) is 3. The van der Waals surface area contributed by atoms with Crippen LogP contribution in [0.2, 0.25) is 0 Å². The average Bonchev–Trinajstić information content (AvgIpc) is 3.02. The molecule has 3 rings (SSSR count). The van der Waals surface area contributed by atoms with E-state index in [-0.39, 0.29) is 17.5 Å². The van der Waals surface area contributed by atoms with Crippen molar-refractivity contribution in [2.24, 2.45) is 0 Å². The molecular formula is C21H32N4O2. The van der Waals surface area contributed by atoms with Crippen LogP contribution < -0.4 is 5.32 Å². The molecule has 1 aliphatic heterocycles. The molecular weight excluding hydrogens is 340 g/mol. The largest absolute Gasteiger partial charge is 0.439 e. The number of piperazine rings is 1. The smallest absolute Gasteiger partial charge is 0.317 e. The first-order chi connectivity index (χ1) is 12.8. The molecule has 2 heterocycles. The number of hydrogen-bond donors (Lipinski definition) is 1. The summed E-state index contributed by atoms with van der Waals surface area (Å²) >= 11 is 0. The molecule has 0 radical (unpaired) electrons. The van der Waals surface area contributed by atoms with Gasteiger partial charge in [0.05, 0.1) is 6.54 Å². The van der Waals surface area contributed by atoms with Crippen molar-refractivity contribution < 1.29 is 9.21 Å². The Morgan fingerprint density at radius 3 is 2.59 bits per heavy atom. The van der Waals surface area contributed by atoms with Gasteiger partial charge in [-0.15, -0.1) is 0 Å². The molecule has 1 aromatic heterocycles. The summed E-state index contributed by atoms with van der Waals surface area (Å²) in [5.74, 6) is 0.744. The van der Waals surface area contributed by atoms with Crippen molar-refractivity contribution in [1.82, 2.24) is 20.1 Å². The molecule has 6 nitrogen and oxygen atoms in total. The minimum absolute atomic E-state index is 0.0422. The summed E-state index contributed by atoms with van der Waals surface area (Å²) in [6.45, 7) is 14.5. The molecule has 1 aromatic carbocycles. The highest BCUT2D eigenvalue weighted by Gasteiger charge is 2.23. The Hall–Kier alpha value is -2.08. The monoisotopic (exact) mass is 372 g/mol. The molecule has 0 saturated carbocycles. The molecule has 0 spiro atoms. The van der Waals surface area contributed by atoms with Crippen molar-refractivity contribution in [3.8, 4) is 0 Å². The van der Waals surface area contributed by atoms with Crippen LogP contribution >= 0.6 is 0 Å². The first kappa shape index (κ1) is 19.7. The van der Waals surface area contributed by atoms with Gasteiger partial charge in [0.1, 0.15) is 5.52 Å². The predicted octanol–water partition coefficient (Wildman–Crippen LogP) is 3.75. The minimum Gasteiger partial charge on any atom is -0.439 e. The third-order valence-electron chi connectivity index (χ3n) is 5.30. The van der Waals surface area contributed by atoms with E-state index in [2.05, 4.69) is 55.0 Å². The van der Waals surface area contributed by atoms with Crippen LogP contribution in [0.4, 0.5) is 4.79 Å². The summed E-state index contributed by atoms with van der Waals surface area (Å²) in [5, 5.41) is 3.04. The van der Waals surface area contributed by atoms with Crippen molar-refractivity contribution in [2.75, 3.05) is 26.2 Å². The molecule has 6 heteroatoms. The van der Waals surface area contributed by atoms with E-state index >= 15 is 0 Å². The number of rotatable bonds is 4. The van der Waals surface area contributed by atoms with Crippen molar-refractivity contribution >= 4 is 17.1 Å². The molecule has 2 aromatic rings. The van der Waals surface area contributed by atoms with Crippen LogP contribution in [0.5, 0.6) is 0 Å². The van der Waals surface area contributed by atoms with E-state index in [1.54, 1.807) is 0 Å². The van der Waals surface area contributed by atoms with Gasteiger partial charge in [-0.25, -0.2) is 9.78 Å². The zero-order valence-corrected chi connectivity index (χ0v) is 17.2. The van der Waals surface area contributed by atoms with Gasteiger partial charge in [-0.05, 0) is 36.5 Å². The van der Waals surface area contributed by atoms with Crippen LogP contribution in [0.15, 0.2) is 22.6 Å². The number of carbonyl (C=O) groups is 1. The summed E-state index contributed by atoms with van der Waals surface area (Å²) in [4.78, 5) is 21.1. The fourth-order valence-electron chi connectivity index (χ4n) is 3.21. The van der Waals surface area contributed by atoms with Crippen LogP contribution in [-0.2, 0) is 12.0 Å². The number of fused-ring (bicyclic) bond motifs is 1. The molecule has 0 unspecified atom stereocenters. The van der Waals surface area contributed by atoms with Crippen LogP contribution in [0.3, 0.4) is 0 Å². The maximum absolute atomic E-state index is 12.2. The highest BCUT2D eigenvalue weighted by Crippen LogP contribution is 2.26. The van der Waals surface area contributed by atoms with Gasteiger partial charge in [-0.1, -0.05) is 33.8 Å². The normalized spacial score (nSPS) is 17.3. The van der Waals surface area contributed by atoms with Gasteiger partial charge in [-0.3, -0.25) is 4.90 Å². The SMILES string of the molecule is CC[C@H](C)NC(=O)N1CCN(Cc2nc3cc(C(C)(C)C)ccc3o2)CC1. The average molecular weight is 373 g/mol. The molecule has 1 N–H and O–H groups in total. The summed E-state index contributed by atoms with van der Waals surface area (Å²) in [6.07, 6.45) is 0.945. The van der Waals surface area contributed by atoms with E-state index in [0.29, 0.717) is 6.54 Å². The van der Waals surface area contributed by atoms with Crippen molar-refractivity contribution in [3.05, 3.63) is 29.7 Å². The Kier molecular flexibility index (Phi) is 5.75. The number of amides is 2. The fraction of sp³-hybridized carbons (Fsp3) is 0.619. The summed E-state index contributed by atoms with van der Waals surface area (Å²) in [7, 11) is 0. The van der Waals surface area contributed by atoms with Crippen LogP contribution in [0, 0.1) is 0 Å². The lowest BCUT2D eigenvalue weighted by atomic mass is 9.87.